The molecule has 0 aliphatic carbocycles. The van der Waals surface area contributed by atoms with E-state index in [2.05, 4.69) is 38.7 Å². The summed E-state index contributed by atoms with van der Waals surface area (Å²) in [6.07, 6.45) is 2.60. The Kier molecular flexibility index (Phi) is 8.07. The molecule has 0 radical (unpaired) electrons. The fraction of sp³-hybridized carbons (Fsp3) is 0.429. The summed E-state index contributed by atoms with van der Waals surface area (Å²) < 4.78 is 11.9. The Hall–Kier alpha value is -1.34. The molecule has 0 bridgehead atoms. The second kappa shape index (κ2) is 9.57. The molecular weight excluding hydrogens is 354 g/mol. The zero-order valence-corrected chi connectivity index (χ0v) is 14.8. The van der Waals surface area contributed by atoms with Gasteiger partial charge < -0.3 is 14.8 Å². The monoisotopic (exact) mass is 373 g/mol. The van der Waals surface area contributed by atoms with E-state index in [1.165, 1.54) is 0 Å². The summed E-state index contributed by atoms with van der Waals surface area (Å²) in [5, 5.41) is 7.51. The first-order valence-corrected chi connectivity index (χ1v) is 7.89. The van der Waals surface area contributed by atoms with E-state index in [0.717, 1.165) is 23.0 Å². The molecule has 0 amide bonds. The summed E-state index contributed by atoms with van der Waals surface area (Å²) in [5.41, 5.74) is 3.61. The first-order valence-electron chi connectivity index (χ1n) is 6.69. The number of hydrazone groups is 1. The smallest absolute Gasteiger partial charge is 0.186 e. The number of hydrogen-bond donors (Lipinski definition) is 2. The van der Waals surface area contributed by atoms with Crippen LogP contribution in [0.4, 0.5) is 0 Å². The van der Waals surface area contributed by atoms with E-state index in [9.17, 15) is 0 Å². The Labute approximate surface area is 139 Å². The Bertz CT molecular complexity index is 509. The Balaban J connectivity index is 2.82. The van der Waals surface area contributed by atoms with Gasteiger partial charge in [-0.25, -0.2) is 0 Å². The molecule has 5 nitrogen and oxygen atoms in total. The second-order valence-corrected chi connectivity index (χ2v) is 5.37. The molecule has 2 N–H and O–H groups in total. The molecule has 0 spiro atoms. The van der Waals surface area contributed by atoms with Gasteiger partial charge in [0.2, 0.25) is 0 Å². The Morgan fingerprint density at radius 2 is 2.19 bits per heavy atom. The molecular formula is C14H20BrN3O2S. The number of nitrogens with zero attached hydrogens (tertiary/aromatic N) is 1. The molecule has 7 heteroatoms. The summed E-state index contributed by atoms with van der Waals surface area (Å²) in [7, 11) is 1.61. The minimum absolute atomic E-state index is 0.489. The summed E-state index contributed by atoms with van der Waals surface area (Å²) in [6.45, 7) is 5.42. The minimum Gasteiger partial charge on any atom is -0.493 e. The lowest BCUT2D eigenvalue weighted by molar-refractivity contribution is 0.292. The van der Waals surface area contributed by atoms with E-state index in [1.54, 1.807) is 13.3 Å². The van der Waals surface area contributed by atoms with Gasteiger partial charge in [-0.05, 0) is 59.2 Å². The topological polar surface area (TPSA) is 54.9 Å². The molecule has 0 aliphatic heterocycles. The molecule has 116 valence electrons. The van der Waals surface area contributed by atoms with E-state index in [1.807, 2.05) is 19.1 Å². The third-order valence-corrected chi connectivity index (χ3v) is 3.24. The van der Waals surface area contributed by atoms with Crippen molar-refractivity contribution in [2.24, 2.45) is 5.10 Å². The number of methoxy groups -OCH3 is 1. The maximum absolute atomic E-state index is 5.67. The normalized spacial score (nSPS) is 10.5. The largest absolute Gasteiger partial charge is 0.493 e. The standard InChI is InChI=1S/C14H20BrN3O2S/c1-4-6-20-13-11(15)7-10(8-12(13)19-3)9-17-18-14(21)16-5-2/h7-9H,4-6H2,1-3H3,(H2,16,18,21)/b17-9-. The highest BCUT2D eigenvalue weighted by atomic mass is 79.9. The molecule has 0 aromatic heterocycles. The van der Waals surface area contributed by atoms with Gasteiger partial charge in [0, 0.05) is 6.54 Å². The van der Waals surface area contributed by atoms with Gasteiger partial charge in [0.1, 0.15) is 0 Å². The maximum atomic E-state index is 5.67. The average Bonchev–Trinajstić information content (AvgIpc) is 2.46. The van der Waals surface area contributed by atoms with Crippen molar-refractivity contribution < 1.29 is 9.47 Å². The van der Waals surface area contributed by atoms with Crippen molar-refractivity contribution >= 4 is 39.5 Å². The molecule has 0 atom stereocenters. The molecule has 1 aromatic rings. The summed E-state index contributed by atoms with van der Waals surface area (Å²) in [5.74, 6) is 1.36. The van der Waals surface area contributed by atoms with Crippen LogP contribution in [0.15, 0.2) is 21.7 Å². The average molecular weight is 374 g/mol. The van der Waals surface area contributed by atoms with Crippen LogP contribution in [0.25, 0.3) is 0 Å². The van der Waals surface area contributed by atoms with Crippen LogP contribution in [-0.4, -0.2) is 31.6 Å². The van der Waals surface area contributed by atoms with Gasteiger partial charge in [0.05, 0.1) is 24.4 Å². The van der Waals surface area contributed by atoms with Crippen molar-refractivity contribution in [1.29, 1.82) is 0 Å². The highest BCUT2D eigenvalue weighted by molar-refractivity contribution is 9.10. The van der Waals surface area contributed by atoms with Crippen LogP contribution in [0.1, 0.15) is 25.8 Å². The van der Waals surface area contributed by atoms with Crippen LogP contribution in [0, 0.1) is 0 Å². The highest BCUT2D eigenvalue weighted by Crippen LogP contribution is 2.36. The number of benzene rings is 1. The predicted octanol–water partition coefficient (Wildman–Crippen LogP) is 3.06. The number of ether oxygens (including phenoxy) is 2. The molecule has 1 aromatic carbocycles. The zero-order chi connectivity index (χ0) is 15.7. The SMILES string of the molecule is CCCOc1c(Br)cc(/C=N\NC(=S)NCC)cc1OC. The van der Waals surface area contributed by atoms with Crippen LogP contribution in [0.5, 0.6) is 11.5 Å². The molecule has 0 saturated carbocycles. The number of halogens is 1. The lowest BCUT2D eigenvalue weighted by Gasteiger charge is -2.12. The van der Waals surface area contributed by atoms with Crippen molar-refractivity contribution in [3.05, 3.63) is 22.2 Å². The van der Waals surface area contributed by atoms with E-state index >= 15 is 0 Å². The minimum atomic E-state index is 0.489. The van der Waals surface area contributed by atoms with Crippen LogP contribution in [0.3, 0.4) is 0 Å². The molecule has 0 unspecified atom stereocenters. The third kappa shape index (κ3) is 5.89. The molecule has 0 fully saturated rings. The predicted molar refractivity (Wildman–Crippen MR) is 93.5 cm³/mol. The van der Waals surface area contributed by atoms with E-state index in [-0.39, 0.29) is 0 Å². The number of thiocarbonyl (C=S) groups is 1. The van der Waals surface area contributed by atoms with Crippen molar-refractivity contribution in [3.8, 4) is 11.5 Å². The first kappa shape index (κ1) is 17.7. The number of hydrogen-bond acceptors (Lipinski definition) is 4. The zero-order valence-electron chi connectivity index (χ0n) is 12.4. The van der Waals surface area contributed by atoms with Crippen molar-refractivity contribution in [3.63, 3.8) is 0 Å². The van der Waals surface area contributed by atoms with Gasteiger partial charge in [-0.1, -0.05) is 6.92 Å². The van der Waals surface area contributed by atoms with E-state index < -0.39 is 0 Å². The van der Waals surface area contributed by atoms with Gasteiger partial charge in [-0.3, -0.25) is 5.43 Å². The summed E-state index contributed by atoms with van der Waals surface area (Å²) in [6, 6.07) is 3.77. The lowest BCUT2D eigenvalue weighted by atomic mass is 10.2. The van der Waals surface area contributed by atoms with Gasteiger partial charge >= 0.3 is 0 Å². The summed E-state index contributed by atoms with van der Waals surface area (Å²) >= 11 is 8.51. The van der Waals surface area contributed by atoms with Crippen molar-refractivity contribution in [2.45, 2.75) is 20.3 Å². The second-order valence-electron chi connectivity index (χ2n) is 4.11. The van der Waals surface area contributed by atoms with Crippen LogP contribution >= 0.6 is 28.1 Å². The van der Waals surface area contributed by atoms with Gasteiger partial charge in [0.25, 0.3) is 0 Å². The number of rotatable bonds is 7. The molecule has 1 rings (SSSR count). The van der Waals surface area contributed by atoms with Gasteiger partial charge in [0.15, 0.2) is 16.6 Å². The quantitative estimate of drug-likeness (QED) is 0.437. The van der Waals surface area contributed by atoms with Crippen LogP contribution in [0.2, 0.25) is 0 Å². The van der Waals surface area contributed by atoms with Crippen molar-refractivity contribution in [2.75, 3.05) is 20.3 Å². The molecule has 0 heterocycles. The lowest BCUT2D eigenvalue weighted by Crippen LogP contribution is -2.31. The Morgan fingerprint density at radius 1 is 1.43 bits per heavy atom. The number of nitrogens with one attached hydrogen (secondary N) is 2. The molecule has 21 heavy (non-hydrogen) atoms. The Morgan fingerprint density at radius 3 is 2.81 bits per heavy atom. The fourth-order valence-electron chi connectivity index (χ4n) is 1.52. The van der Waals surface area contributed by atoms with E-state index in [4.69, 9.17) is 21.7 Å². The maximum Gasteiger partial charge on any atom is 0.186 e. The third-order valence-electron chi connectivity index (χ3n) is 2.42. The van der Waals surface area contributed by atoms with Crippen molar-refractivity contribution in [1.82, 2.24) is 10.7 Å². The van der Waals surface area contributed by atoms with Gasteiger partial charge in [-0.15, -0.1) is 0 Å². The molecule has 0 aliphatic rings. The summed E-state index contributed by atoms with van der Waals surface area (Å²) in [4.78, 5) is 0. The first-order chi connectivity index (χ1) is 10.1. The van der Waals surface area contributed by atoms with Crippen LogP contribution < -0.4 is 20.2 Å². The van der Waals surface area contributed by atoms with E-state index in [0.29, 0.717) is 23.2 Å². The van der Waals surface area contributed by atoms with Gasteiger partial charge in [-0.2, -0.15) is 5.10 Å². The molecule has 0 saturated heterocycles. The van der Waals surface area contributed by atoms with Crippen LogP contribution in [-0.2, 0) is 0 Å². The fourth-order valence-corrected chi connectivity index (χ4v) is 2.30. The highest BCUT2D eigenvalue weighted by Gasteiger charge is 2.10.